The van der Waals surface area contributed by atoms with Crippen LogP contribution in [0.1, 0.15) is 5.56 Å². The number of imidazole rings is 1. The second kappa shape index (κ2) is 3.78. The molecule has 0 aliphatic carbocycles. The quantitative estimate of drug-likeness (QED) is 0.550. The number of rotatable bonds is 2. The fourth-order valence-electron chi connectivity index (χ4n) is 1.29. The van der Waals surface area contributed by atoms with Crippen molar-refractivity contribution < 1.29 is 4.92 Å². The Hall–Kier alpha value is -2.75. The van der Waals surface area contributed by atoms with Crippen molar-refractivity contribution in [1.29, 1.82) is 5.26 Å². The third-order valence-electron chi connectivity index (χ3n) is 1.96. The van der Waals surface area contributed by atoms with E-state index in [2.05, 4.69) is 9.97 Å². The molecule has 0 aliphatic rings. The first-order valence-corrected chi connectivity index (χ1v) is 4.26. The lowest BCUT2D eigenvalue weighted by molar-refractivity contribution is -0.385. The largest absolute Gasteiger partial charge is 0.329 e. The maximum atomic E-state index is 10.9. The summed E-state index contributed by atoms with van der Waals surface area (Å²) in [5.74, 6) is 0.0848. The molecule has 0 unspecified atom stereocenters. The third kappa shape index (κ3) is 1.48. The van der Waals surface area contributed by atoms with Gasteiger partial charge in [-0.25, -0.2) is 9.97 Å². The molecule has 2 aromatic heterocycles. The Bertz CT molecular complexity index is 570. The molecule has 0 spiro atoms. The predicted octanol–water partition coefficient (Wildman–Crippen LogP) is 1.05. The molecule has 16 heavy (non-hydrogen) atoms. The number of nitriles is 1. The molecule has 0 saturated carbocycles. The Balaban J connectivity index is 2.72. The SMILES string of the molecule is N#Cc1ccnc(-n2ccnc2)c1[N+](=O)[O-]. The van der Waals surface area contributed by atoms with E-state index in [0.717, 1.165) is 0 Å². The van der Waals surface area contributed by atoms with Crippen LogP contribution in [-0.2, 0) is 0 Å². The summed E-state index contributed by atoms with van der Waals surface area (Å²) in [7, 11) is 0. The number of hydrogen-bond donors (Lipinski definition) is 0. The van der Waals surface area contributed by atoms with Crippen LogP contribution in [0.5, 0.6) is 0 Å². The van der Waals surface area contributed by atoms with Gasteiger partial charge < -0.3 is 0 Å². The summed E-state index contributed by atoms with van der Waals surface area (Å²) in [6.45, 7) is 0. The van der Waals surface area contributed by atoms with Gasteiger partial charge in [0.25, 0.3) is 0 Å². The zero-order chi connectivity index (χ0) is 11.5. The van der Waals surface area contributed by atoms with Gasteiger partial charge in [-0.3, -0.25) is 14.7 Å². The summed E-state index contributed by atoms with van der Waals surface area (Å²) >= 11 is 0. The fraction of sp³-hybridized carbons (Fsp3) is 0. The monoisotopic (exact) mass is 215 g/mol. The highest BCUT2D eigenvalue weighted by molar-refractivity contribution is 5.57. The number of nitro groups is 1. The molecule has 0 atom stereocenters. The summed E-state index contributed by atoms with van der Waals surface area (Å²) in [6, 6.07) is 3.07. The van der Waals surface area contributed by atoms with E-state index in [-0.39, 0.29) is 17.1 Å². The number of pyridine rings is 1. The lowest BCUT2D eigenvalue weighted by atomic mass is 10.2. The highest BCUT2D eigenvalue weighted by atomic mass is 16.6. The van der Waals surface area contributed by atoms with Crippen LogP contribution >= 0.6 is 0 Å². The maximum Gasteiger partial charge on any atom is 0.329 e. The molecule has 0 N–H and O–H groups in total. The van der Waals surface area contributed by atoms with Crippen molar-refractivity contribution in [2.45, 2.75) is 0 Å². The molecular formula is C9H5N5O2. The first kappa shape index (κ1) is 9.79. The normalized spacial score (nSPS) is 9.69. The van der Waals surface area contributed by atoms with Crippen LogP contribution in [0.25, 0.3) is 5.82 Å². The van der Waals surface area contributed by atoms with Gasteiger partial charge in [-0.05, 0) is 6.07 Å². The van der Waals surface area contributed by atoms with Gasteiger partial charge in [-0.1, -0.05) is 0 Å². The zero-order valence-electron chi connectivity index (χ0n) is 7.94. The second-order valence-electron chi connectivity index (χ2n) is 2.87. The Morgan fingerprint density at radius 2 is 2.31 bits per heavy atom. The molecule has 7 nitrogen and oxygen atoms in total. The van der Waals surface area contributed by atoms with Gasteiger partial charge in [-0.15, -0.1) is 0 Å². The first-order valence-electron chi connectivity index (χ1n) is 4.26. The molecule has 7 heteroatoms. The van der Waals surface area contributed by atoms with Crippen LogP contribution < -0.4 is 0 Å². The molecule has 0 aromatic carbocycles. The molecule has 0 saturated heterocycles. The van der Waals surface area contributed by atoms with Crippen LogP contribution in [-0.4, -0.2) is 19.5 Å². The molecule has 0 bridgehead atoms. The molecule has 0 amide bonds. The first-order chi connectivity index (χ1) is 7.74. The maximum absolute atomic E-state index is 10.9. The summed E-state index contributed by atoms with van der Waals surface area (Å²) in [6.07, 6.45) is 5.73. The van der Waals surface area contributed by atoms with Gasteiger partial charge in [0, 0.05) is 18.6 Å². The summed E-state index contributed by atoms with van der Waals surface area (Å²) < 4.78 is 1.39. The topological polar surface area (TPSA) is 97.6 Å². The average Bonchev–Trinajstić information content (AvgIpc) is 2.81. The standard InChI is InChI=1S/C9H5N5O2/c10-5-7-1-2-12-9(8(7)14(15)16)13-4-3-11-6-13/h1-4,6H. The number of aromatic nitrogens is 3. The summed E-state index contributed by atoms with van der Waals surface area (Å²) in [4.78, 5) is 17.9. The molecule has 0 radical (unpaired) electrons. The zero-order valence-corrected chi connectivity index (χ0v) is 7.94. The van der Waals surface area contributed by atoms with Crippen LogP contribution in [0.15, 0.2) is 31.0 Å². The van der Waals surface area contributed by atoms with E-state index in [1.807, 2.05) is 0 Å². The van der Waals surface area contributed by atoms with E-state index < -0.39 is 4.92 Å². The van der Waals surface area contributed by atoms with Crippen molar-refractivity contribution in [2.75, 3.05) is 0 Å². The van der Waals surface area contributed by atoms with Crippen molar-refractivity contribution in [3.63, 3.8) is 0 Å². The predicted molar refractivity (Wildman–Crippen MR) is 52.7 cm³/mol. The van der Waals surface area contributed by atoms with Gasteiger partial charge in [-0.2, -0.15) is 5.26 Å². The Morgan fingerprint density at radius 3 is 2.88 bits per heavy atom. The van der Waals surface area contributed by atoms with E-state index >= 15 is 0 Å². The van der Waals surface area contributed by atoms with E-state index in [4.69, 9.17) is 5.26 Å². The number of nitrogens with zero attached hydrogens (tertiary/aromatic N) is 5. The van der Waals surface area contributed by atoms with Crippen molar-refractivity contribution >= 4 is 5.69 Å². The smallest absolute Gasteiger partial charge is 0.285 e. The Labute approximate surface area is 89.8 Å². The minimum absolute atomic E-state index is 0.0244. The van der Waals surface area contributed by atoms with Crippen molar-refractivity contribution in [3.05, 3.63) is 46.7 Å². The second-order valence-corrected chi connectivity index (χ2v) is 2.87. The highest BCUT2D eigenvalue weighted by Crippen LogP contribution is 2.23. The molecule has 2 aromatic rings. The van der Waals surface area contributed by atoms with Gasteiger partial charge in [0.05, 0.1) is 4.92 Å². The Kier molecular flexibility index (Phi) is 2.31. The van der Waals surface area contributed by atoms with Crippen molar-refractivity contribution in [3.8, 4) is 11.9 Å². The minimum Gasteiger partial charge on any atom is -0.285 e. The highest BCUT2D eigenvalue weighted by Gasteiger charge is 2.21. The van der Waals surface area contributed by atoms with Crippen LogP contribution in [0.3, 0.4) is 0 Å². The van der Waals surface area contributed by atoms with E-state index in [1.54, 1.807) is 6.07 Å². The van der Waals surface area contributed by atoms with Gasteiger partial charge in [0.2, 0.25) is 5.82 Å². The van der Waals surface area contributed by atoms with E-state index in [0.29, 0.717) is 0 Å². The molecular weight excluding hydrogens is 210 g/mol. The summed E-state index contributed by atoms with van der Waals surface area (Å²) in [5, 5.41) is 19.7. The van der Waals surface area contributed by atoms with Gasteiger partial charge in [0.15, 0.2) is 0 Å². The van der Waals surface area contributed by atoms with Crippen LogP contribution in [0, 0.1) is 21.4 Å². The molecule has 2 rings (SSSR count). The van der Waals surface area contributed by atoms with Crippen molar-refractivity contribution in [2.24, 2.45) is 0 Å². The molecule has 78 valence electrons. The summed E-state index contributed by atoms with van der Waals surface area (Å²) in [5.41, 5.74) is -0.341. The van der Waals surface area contributed by atoms with Gasteiger partial charge >= 0.3 is 5.69 Å². The molecule has 0 aliphatic heterocycles. The number of hydrogen-bond acceptors (Lipinski definition) is 5. The van der Waals surface area contributed by atoms with E-state index in [1.165, 1.54) is 35.6 Å². The van der Waals surface area contributed by atoms with Crippen molar-refractivity contribution in [1.82, 2.24) is 14.5 Å². The fourth-order valence-corrected chi connectivity index (χ4v) is 1.29. The molecule has 2 heterocycles. The lowest BCUT2D eigenvalue weighted by Crippen LogP contribution is -2.03. The van der Waals surface area contributed by atoms with Crippen LogP contribution in [0.4, 0.5) is 5.69 Å². The van der Waals surface area contributed by atoms with Crippen LogP contribution in [0.2, 0.25) is 0 Å². The van der Waals surface area contributed by atoms with Gasteiger partial charge in [0.1, 0.15) is 18.0 Å². The minimum atomic E-state index is -0.624. The molecule has 0 fully saturated rings. The average molecular weight is 215 g/mol. The Morgan fingerprint density at radius 1 is 1.50 bits per heavy atom. The lowest BCUT2D eigenvalue weighted by Gasteiger charge is -2.02. The van der Waals surface area contributed by atoms with E-state index in [9.17, 15) is 10.1 Å². The third-order valence-corrected chi connectivity index (χ3v) is 1.96.